The number of hydrogen-bond donors (Lipinski definition) is 2. The smallest absolute Gasteiger partial charge is 0.165 e. The summed E-state index contributed by atoms with van der Waals surface area (Å²) in [6.07, 6.45) is -3.31. The van der Waals surface area contributed by atoms with Crippen LogP contribution in [-0.2, 0) is 16.6 Å². The number of rotatable bonds is 4. The Bertz CT molecular complexity index is 1350. The van der Waals surface area contributed by atoms with Crippen molar-refractivity contribution >= 4 is 0 Å². The van der Waals surface area contributed by atoms with Gasteiger partial charge in [0.15, 0.2) is 11.5 Å². The van der Waals surface area contributed by atoms with Gasteiger partial charge in [0.05, 0.1) is 5.60 Å². The van der Waals surface area contributed by atoms with Crippen LogP contribution >= 0.6 is 0 Å². The topological polar surface area (TPSA) is 62.2 Å². The number of methoxy groups -OCH3 is 1. The fourth-order valence-electron chi connectivity index (χ4n) is 9.00. The summed E-state index contributed by atoms with van der Waals surface area (Å²) >= 11 is 0. The lowest BCUT2D eigenvalue weighted by atomic mass is 9.33. The van der Waals surface area contributed by atoms with E-state index < -0.39 is 70.6 Å². The molecule has 1 aromatic carbocycles. The zero-order valence-corrected chi connectivity index (χ0v) is 20.8. The van der Waals surface area contributed by atoms with E-state index in [2.05, 4.69) is 0 Å². The van der Waals surface area contributed by atoms with E-state index in [1.807, 2.05) is 33.8 Å². The average Bonchev–Trinajstić information content (AvgIpc) is 3.12. The number of phenolic OH excluding ortho intramolecular Hbond substituents is 1. The molecule has 1 saturated heterocycles. The number of phenols is 1. The highest BCUT2D eigenvalue weighted by Crippen LogP contribution is 2.78. The van der Waals surface area contributed by atoms with E-state index in [-0.39, 0.29) is 12.3 Å². The Morgan fingerprint density at radius 2 is 2.03 bits per heavy atom. The van der Waals surface area contributed by atoms with Gasteiger partial charge in [-0.15, -0.1) is 0 Å². The molecule has 5 heteroatoms. The van der Waals surface area contributed by atoms with Crippen LogP contribution in [0.5, 0.6) is 11.5 Å². The number of likely N-dealkylation sites (tertiary alicyclic amines) is 1. The Morgan fingerprint density at radius 3 is 2.71 bits per heavy atom. The highest BCUT2D eigenvalue weighted by Gasteiger charge is 2.82. The van der Waals surface area contributed by atoms with E-state index in [1.54, 1.807) is 18.1 Å². The van der Waals surface area contributed by atoms with Crippen molar-refractivity contribution in [2.45, 2.75) is 101 Å². The number of benzene rings is 1. The van der Waals surface area contributed by atoms with Crippen LogP contribution in [0, 0.1) is 22.6 Å². The van der Waals surface area contributed by atoms with E-state index >= 15 is 0 Å². The predicted molar refractivity (Wildman–Crippen MR) is 130 cm³/mol. The van der Waals surface area contributed by atoms with Gasteiger partial charge in [-0.2, -0.15) is 0 Å². The summed E-state index contributed by atoms with van der Waals surface area (Å²) in [5.74, 6) is -2.51. The summed E-state index contributed by atoms with van der Waals surface area (Å²) in [6.45, 7) is 5.40. The molecule has 8 rings (SSSR count). The van der Waals surface area contributed by atoms with Gasteiger partial charge in [-0.1, -0.05) is 26.8 Å². The van der Waals surface area contributed by atoms with Crippen LogP contribution in [0.2, 0.25) is 0 Å². The first-order valence-electron chi connectivity index (χ1n) is 16.2. The maximum Gasteiger partial charge on any atom is 0.165 e. The largest absolute Gasteiger partial charge is 0.504 e. The second-order valence-corrected chi connectivity index (χ2v) is 12.8. The second kappa shape index (κ2) is 6.33. The van der Waals surface area contributed by atoms with Crippen molar-refractivity contribution < 1.29 is 29.3 Å². The van der Waals surface area contributed by atoms with Crippen LogP contribution in [0.25, 0.3) is 0 Å². The average molecular weight is 475 g/mol. The van der Waals surface area contributed by atoms with Gasteiger partial charge in [-0.3, -0.25) is 4.90 Å². The van der Waals surface area contributed by atoms with Crippen molar-refractivity contribution in [2.75, 3.05) is 20.2 Å². The van der Waals surface area contributed by atoms with Gasteiger partial charge >= 0.3 is 0 Å². The number of piperidine rings is 1. The van der Waals surface area contributed by atoms with E-state index in [1.165, 1.54) is 0 Å². The lowest BCUT2D eigenvalue weighted by molar-refractivity contribution is -0.312. The molecule has 5 nitrogen and oxygen atoms in total. The molecule has 0 radical (unpaired) electrons. The van der Waals surface area contributed by atoms with Crippen molar-refractivity contribution in [3.8, 4) is 11.5 Å². The van der Waals surface area contributed by atoms with Crippen LogP contribution in [-0.4, -0.2) is 58.6 Å². The Hall–Kier alpha value is -1.30. The van der Waals surface area contributed by atoms with Crippen molar-refractivity contribution in [1.82, 2.24) is 4.90 Å². The van der Waals surface area contributed by atoms with Crippen LogP contribution in [0.3, 0.4) is 0 Å². The molecule has 7 aliphatic rings. The van der Waals surface area contributed by atoms with Crippen molar-refractivity contribution in [1.29, 1.82) is 0 Å². The maximum atomic E-state index is 12.3. The lowest BCUT2D eigenvalue weighted by Crippen LogP contribution is -2.83. The maximum absolute atomic E-state index is 12.3. The molecule has 4 bridgehead atoms. The highest BCUT2D eigenvalue weighted by atomic mass is 16.6. The lowest BCUT2D eigenvalue weighted by Gasteiger charge is -2.75. The molecular weight excluding hydrogens is 426 g/mol. The van der Waals surface area contributed by atoms with Crippen LogP contribution in [0.4, 0.5) is 0 Å². The summed E-state index contributed by atoms with van der Waals surface area (Å²) in [7, 11) is 1.67. The summed E-state index contributed by atoms with van der Waals surface area (Å²) in [5, 5.41) is 23.3. The van der Waals surface area contributed by atoms with Gasteiger partial charge in [0.1, 0.15) is 11.7 Å². The molecule has 2 spiro atoms. The molecule has 0 amide bonds. The summed E-state index contributed by atoms with van der Waals surface area (Å²) in [4.78, 5) is 1.59. The van der Waals surface area contributed by atoms with Crippen molar-refractivity contribution in [3.63, 3.8) is 0 Å². The molecule has 2 aliphatic heterocycles. The second-order valence-electron chi connectivity index (χ2n) is 12.8. The molecule has 7 atom stereocenters. The molecule has 186 valence electrons. The van der Waals surface area contributed by atoms with Crippen LogP contribution < -0.4 is 4.74 Å². The minimum atomic E-state index is -2.65. The zero-order chi connectivity index (χ0) is 30.2. The summed E-state index contributed by atoms with van der Waals surface area (Å²) in [6, 6.07) is 2.96. The van der Waals surface area contributed by atoms with Crippen molar-refractivity contribution in [3.05, 3.63) is 23.3 Å². The number of hydrogen-bond acceptors (Lipinski definition) is 5. The molecule has 5 aliphatic carbocycles. The third-order valence-corrected chi connectivity index (χ3v) is 11.1. The quantitative estimate of drug-likeness (QED) is 0.677. The van der Waals surface area contributed by atoms with E-state index in [4.69, 9.17) is 16.3 Å². The first kappa shape index (κ1) is 15.7. The third-order valence-electron chi connectivity index (χ3n) is 11.1. The van der Waals surface area contributed by atoms with Gasteiger partial charge in [-0.05, 0) is 81.3 Å². The number of aromatic hydroxyl groups is 1. The fourth-order valence-corrected chi connectivity index (χ4v) is 9.00. The normalized spacial score (nSPS) is 51.2. The van der Waals surface area contributed by atoms with E-state index in [9.17, 15) is 13.0 Å². The van der Waals surface area contributed by atoms with Gasteiger partial charge < -0.3 is 19.7 Å². The first-order valence-corrected chi connectivity index (χ1v) is 12.7. The molecule has 5 fully saturated rings. The number of fused-ring (bicyclic) bond motifs is 2. The molecule has 34 heavy (non-hydrogen) atoms. The standard InChI is InChI=1S/C29H41NO4/c1-25(2,3)26(4,32)20-15-27-10-11-29(20,33-5)24-28(27)12-13-30(16-17-6-7-17)21(27)14-18-8-9-19(31)23(34-24)22(18)28/h8-9,17,20-21,24,31-32H,6-7,10-16H2,1-5H3/t20-,21-,24-,26+,27?,28+,29?/m1/s1/i6D2,7D2,16D2,17D. The van der Waals surface area contributed by atoms with Crippen LogP contribution in [0.1, 0.15) is 86.8 Å². The minimum Gasteiger partial charge on any atom is -0.504 e. The minimum absolute atomic E-state index is 0.0492. The van der Waals surface area contributed by atoms with E-state index in [0.717, 1.165) is 11.1 Å². The van der Waals surface area contributed by atoms with Gasteiger partial charge in [0, 0.05) is 51.6 Å². The fraction of sp³-hybridized carbons (Fsp3) is 0.793. The molecule has 2 N–H and O–H groups in total. The Balaban J connectivity index is 1.47. The van der Waals surface area contributed by atoms with Gasteiger partial charge in [0.2, 0.25) is 0 Å². The van der Waals surface area contributed by atoms with Crippen molar-refractivity contribution in [2.24, 2.45) is 22.6 Å². The number of nitrogens with zero attached hydrogens (tertiary/aromatic N) is 1. The van der Waals surface area contributed by atoms with Crippen LogP contribution in [0.15, 0.2) is 12.1 Å². The van der Waals surface area contributed by atoms with E-state index in [0.29, 0.717) is 37.9 Å². The summed E-state index contributed by atoms with van der Waals surface area (Å²) < 4.78 is 73.8. The SMILES string of the molecule is [2H]C([2H])(N1CC[C@]23c4c5ccc(O)c4O[C@H]2C2(OC)CCC3(C[C@@H]2[C@](C)(O)C(C)(C)C)[C@H]1C5)C1([2H])C([2H])([2H])C1([2H])[2H]. The Kier molecular flexibility index (Phi) is 2.93. The molecular formula is C29H41NO4. The Labute approximate surface area is 213 Å². The number of ether oxygens (including phenoxy) is 2. The predicted octanol–water partition coefficient (Wildman–Crippen LogP) is 4.41. The van der Waals surface area contributed by atoms with Gasteiger partial charge in [0.25, 0.3) is 0 Å². The molecule has 1 aromatic rings. The number of aliphatic hydroxyl groups is 1. The zero-order valence-electron chi connectivity index (χ0n) is 27.8. The molecule has 2 heterocycles. The Morgan fingerprint density at radius 1 is 1.26 bits per heavy atom. The molecule has 4 saturated carbocycles. The van der Waals surface area contributed by atoms with Gasteiger partial charge in [-0.25, -0.2) is 0 Å². The third kappa shape index (κ3) is 2.25. The molecule has 2 unspecified atom stereocenters. The monoisotopic (exact) mass is 474 g/mol. The summed E-state index contributed by atoms with van der Waals surface area (Å²) in [5.41, 5.74) is -2.01. The molecule has 0 aromatic heterocycles. The first-order chi connectivity index (χ1) is 18.7. The highest BCUT2D eigenvalue weighted by molar-refractivity contribution is 5.63.